The number of rotatable bonds is 5. The van der Waals surface area contributed by atoms with Gasteiger partial charge in [-0.2, -0.15) is 0 Å². The summed E-state index contributed by atoms with van der Waals surface area (Å²) < 4.78 is 13.6. The molecular weight excluding hydrogens is 355 g/mol. The highest BCUT2D eigenvalue weighted by Crippen LogP contribution is 2.27. The zero-order chi connectivity index (χ0) is 19.3. The first-order chi connectivity index (χ1) is 13.7. The molecule has 1 aromatic heterocycles. The molecule has 0 bridgehead atoms. The van der Waals surface area contributed by atoms with E-state index in [1.165, 1.54) is 31.0 Å². The van der Waals surface area contributed by atoms with Crippen LogP contribution in [0.5, 0.6) is 0 Å². The molecule has 5 nitrogen and oxygen atoms in total. The third-order valence-corrected chi connectivity index (χ3v) is 5.96. The van der Waals surface area contributed by atoms with Crippen LogP contribution in [-0.2, 0) is 0 Å². The van der Waals surface area contributed by atoms with Crippen LogP contribution in [0.4, 0.5) is 21.6 Å². The Labute approximate surface area is 166 Å². The number of benzene rings is 1. The maximum atomic E-state index is 13.6. The molecule has 6 heteroatoms. The first-order valence-electron chi connectivity index (χ1n) is 10.3. The monoisotopic (exact) mass is 384 g/mol. The van der Waals surface area contributed by atoms with Crippen LogP contribution in [0.25, 0.3) is 0 Å². The number of aromatic nitrogens is 1. The maximum absolute atomic E-state index is 13.6. The minimum Gasteiger partial charge on any atom is -0.396 e. The summed E-state index contributed by atoms with van der Waals surface area (Å²) in [5.74, 6) is 0.778. The van der Waals surface area contributed by atoms with Gasteiger partial charge in [0.15, 0.2) is 0 Å². The lowest BCUT2D eigenvalue weighted by Gasteiger charge is -2.40. The van der Waals surface area contributed by atoms with Crippen LogP contribution in [0.1, 0.15) is 25.7 Å². The van der Waals surface area contributed by atoms with Gasteiger partial charge >= 0.3 is 0 Å². The number of pyridine rings is 1. The van der Waals surface area contributed by atoms with Crippen molar-refractivity contribution in [1.82, 2.24) is 4.98 Å². The van der Waals surface area contributed by atoms with Crippen LogP contribution >= 0.6 is 0 Å². The van der Waals surface area contributed by atoms with Gasteiger partial charge in [0.25, 0.3) is 0 Å². The van der Waals surface area contributed by atoms with E-state index in [-0.39, 0.29) is 24.4 Å². The average Bonchev–Trinajstić information content (AvgIpc) is 2.74. The molecule has 2 atom stereocenters. The molecule has 150 valence electrons. The zero-order valence-corrected chi connectivity index (χ0v) is 16.2. The Morgan fingerprint density at radius 1 is 1.04 bits per heavy atom. The Hall–Kier alpha value is -2.34. The standard InChI is InChI=1S/C22H29FN4O/c23-18-5-4-6-19(13-18)27-12-8-17(16-28)21(15-27)25-22-14-20(7-9-24-22)26-10-2-1-3-11-26/h4-7,9,13-14,17,21,28H,1-3,8,10-12,15-16H2,(H,24,25)/t17-,21+/m1/s1. The Kier molecular flexibility index (Phi) is 5.95. The van der Waals surface area contributed by atoms with E-state index in [0.29, 0.717) is 6.54 Å². The number of hydrogen-bond acceptors (Lipinski definition) is 5. The van der Waals surface area contributed by atoms with E-state index < -0.39 is 0 Å². The van der Waals surface area contributed by atoms with Crippen molar-refractivity contribution in [2.45, 2.75) is 31.7 Å². The molecule has 4 rings (SSSR count). The van der Waals surface area contributed by atoms with Gasteiger partial charge in [-0.05, 0) is 49.9 Å². The molecule has 0 spiro atoms. The predicted octanol–water partition coefficient (Wildman–Crippen LogP) is 3.51. The molecule has 2 aliphatic heterocycles. The number of hydrogen-bond donors (Lipinski definition) is 2. The van der Waals surface area contributed by atoms with E-state index in [9.17, 15) is 9.50 Å². The molecule has 0 aliphatic carbocycles. The van der Waals surface area contributed by atoms with Crippen molar-refractivity contribution in [3.63, 3.8) is 0 Å². The number of aliphatic hydroxyl groups is 1. The topological polar surface area (TPSA) is 51.6 Å². The molecule has 0 radical (unpaired) electrons. The fraction of sp³-hybridized carbons (Fsp3) is 0.500. The van der Waals surface area contributed by atoms with Gasteiger partial charge in [0, 0.05) is 62.3 Å². The SMILES string of the molecule is OC[C@H]1CCN(c2cccc(F)c2)C[C@@H]1Nc1cc(N2CCCCC2)ccn1. The van der Waals surface area contributed by atoms with Crippen LogP contribution in [0, 0.1) is 11.7 Å². The lowest BCUT2D eigenvalue weighted by Crippen LogP contribution is -2.49. The molecule has 1 aromatic carbocycles. The van der Waals surface area contributed by atoms with Gasteiger partial charge in [-0.15, -0.1) is 0 Å². The van der Waals surface area contributed by atoms with E-state index in [4.69, 9.17) is 0 Å². The van der Waals surface area contributed by atoms with E-state index in [0.717, 1.165) is 37.6 Å². The Morgan fingerprint density at radius 2 is 1.86 bits per heavy atom. The van der Waals surface area contributed by atoms with Crippen LogP contribution in [0.3, 0.4) is 0 Å². The van der Waals surface area contributed by atoms with Crippen molar-refractivity contribution < 1.29 is 9.50 Å². The van der Waals surface area contributed by atoms with Crippen molar-refractivity contribution in [1.29, 1.82) is 0 Å². The molecule has 0 amide bonds. The van der Waals surface area contributed by atoms with Crippen molar-refractivity contribution in [3.8, 4) is 0 Å². The number of anilines is 3. The maximum Gasteiger partial charge on any atom is 0.128 e. The van der Waals surface area contributed by atoms with Crippen LogP contribution in [0.2, 0.25) is 0 Å². The van der Waals surface area contributed by atoms with Crippen LogP contribution < -0.4 is 15.1 Å². The first-order valence-corrected chi connectivity index (χ1v) is 10.3. The fourth-order valence-electron chi connectivity index (χ4n) is 4.33. The van der Waals surface area contributed by atoms with Crippen molar-refractivity contribution >= 4 is 17.2 Å². The van der Waals surface area contributed by atoms with E-state index in [2.05, 4.69) is 32.2 Å². The first kappa shape index (κ1) is 19.0. The molecule has 2 saturated heterocycles. The molecule has 3 heterocycles. The van der Waals surface area contributed by atoms with Crippen LogP contribution in [-0.4, -0.2) is 48.9 Å². The fourth-order valence-corrected chi connectivity index (χ4v) is 4.33. The zero-order valence-electron chi connectivity index (χ0n) is 16.2. The third-order valence-electron chi connectivity index (χ3n) is 5.96. The molecule has 0 saturated carbocycles. The molecular formula is C22H29FN4O. The average molecular weight is 384 g/mol. The number of aliphatic hydroxyl groups excluding tert-OH is 1. The van der Waals surface area contributed by atoms with Crippen molar-refractivity contribution in [2.75, 3.05) is 47.9 Å². The quantitative estimate of drug-likeness (QED) is 0.826. The summed E-state index contributed by atoms with van der Waals surface area (Å²) in [5.41, 5.74) is 2.09. The van der Waals surface area contributed by atoms with E-state index in [1.807, 2.05) is 12.3 Å². The highest BCUT2D eigenvalue weighted by atomic mass is 19.1. The van der Waals surface area contributed by atoms with Crippen molar-refractivity contribution in [2.24, 2.45) is 5.92 Å². The normalized spacial score (nSPS) is 22.9. The molecule has 28 heavy (non-hydrogen) atoms. The second-order valence-electron chi connectivity index (χ2n) is 7.86. The lowest BCUT2D eigenvalue weighted by atomic mass is 9.92. The van der Waals surface area contributed by atoms with Gasteiger partial charge in [-0.25, -0.2) is 9.37 Å². The molecule has 2 fully saturated rings. The number of halogens is 1. The van der Waals surface area contributed by atoms with E-state index in [1.54, 1.807) is 12.1 Å². The van der Waals surface area contributed by atoms with Gasteiger partial charge in [-0.1, -0.05) is 6.07 Å². The summed E-state index contributed by atoms with van der Waals surface area (Å²) in [6.45, 7) is 3.86. The second kappa shape index (κ2) is 8.78. The largest absolute Gasteiger partial charge is 0.396 e. The Bertz CT molecular complexity index is 781. The molecule has 2 aromatic rings. The third kappa shape index (κ3) is 4.38. The summed E-state index contributed by atoms with van der Waals surface area (Å²) >= 11 is 0. The van der Waals surface area contributed by atoms with Gasteiger partial charge in [-0.3, -0.25) is 0 Å². The smallest absolute Gasteiger partial charge is 0.128 e. The molecule has 2 N–H and O–H groups in total. The number of piperidine rings is 2. The minimum absolute atomic E-state index is 0.0612. The Morgan fingerprint density at radius 3 is 2.64 bits per heavy atom. The van der Waals surface area contributed by atoms with Gasteiger partial charge in [0.05, 0.1) is 6.04 Å². The summed E-state index contributed by atoms with van der Waals surface area (Å²) in [7, 11) is 0. The summed E-state index contributed by atoms with van der Waals surface area (Å²) in [5, 5.41) is 13.4. The Balaban J connectivity index is 1.48. The van der Waals surface area contributed by atoms with Crippen molar-refractivity contribution in [3.05, 3.63) is 48.4 Å². The predicted molar refractivity (Wildman–Crippen MR) is 112 cm³/mol. The lowest BCUT2D eigenvalue weighted by molar-refractivity contribution is 0.192. The highest BCUT2D eigenvalue weighted by Gasteiger charge is 2.29. The summed E-state index contributed by atoms with van der Waals surface area (Å²) in [6, 6.07) is 11.0. The summed E-state index contributed by atoms with van der Waals surface area (Å²) in [6.07, 6.45) is 6.50. The second-order valence-corrected chi connectivity index (χ2v) is 7.86. The van der Waals surface area contributed by atoms with Gasteiger partial charge < -0.3 is 20.2 Å². The van der Waals surface area contributed by atoms with E-state index >= 15 is 0 Å². The minimum atomic E-state index is -0.220. The highest BCUT2D eigenvalue weighted by molar-refractivity contribution is 5.55. The molecule has 0 unspecified atom stereocenters. The van der Waals surface area contributed by atoms with Gasteiger partial charge in [0.1, 0.15) is 11.6 Å². The summed E-state index contributed by atoms with van der Waals surface area (Å²) in [4.78, 5) is 9.11. The number of nitrogens with one attached hydrogen (secondary N) is 1. The number of nitrogens with zero attached hydrogens (tertiary/aromatic N) is 3. The van der Waals surface area contributed by atoms with Crippen LogP contribution in [0.15, 0.2) is 42.6 Å². The van der Waals surface area contributed by atoms with Gasteiger partial charge in [0.2, 0.25) is 0 Å². The molecule has 2 aliphatic rings.